The van der Waals surface area contributed by atoms with Crippen LogP contribution in [0.15, 0.2) is 24.3 Å². The van der Waals surface area contributed by atoms with Gasteiger partial charge < -0.3 is 15.4 Å². The molecule has 0 radical (unpaired) electrons. The molecular formula is C17H28N2O. The summed E-state index contributed by atoms with van der Waals surface area (Å²) < 4.78 is 5.49. The Hall–Kier alpha value is -1.06. The van der Waals surface area contributed by atoms with Crippen molar-refractivity contribution in [3.05, 3.63) is 29.8 Å². The zero-order valence-electron chi connectivity index (χ0n) is 13.0. The minimum Gasteiger partial charge on any atom is -0.496 e. The Bertz CT molecular complexity index is 411. The van der Waals surface area contributed by atoms with E-state index >= 15 is 0 Å². The molecule has 1 aromatic rings. The number of methoxy groups -OCH3 is 1. The lowest BCUT2D eigenvalue weighted by atomic mass is 9.90. The Kier molecular flexibility index (Phi) is 5.44. The van der Waals surface area contributed by atoms with E-state index in [1.165, 1.54) is 25.1 Å². The number of likely N-dealkylation sites (tertiary alicyclic amines) is 1. The van der Waals surface area contributed by atoms with Crippen LogP contribution in [0.5, 0.6) is 5.75 Å². The van der Waals surface area contributed by atoms with Crippen molar-refractivity contribution >= 4 is 0 Å². The second-order valence-corrected chi connectivity index (χ2v) is 6.34. The second-order valence-electron chi connectivity index (χ2n) is 6.34. The summed E-state index contributed by atoms with van der Waals surface area (Å²) in [5.41, 5.74) is 7.27. The number of piperidine rings is 1. The van der Waals surface area contributed by atoms with E-state index in [1.807, 2.05) is 12.1 Å². The van der Waals surface area contributed by atoms with Crippen LogP contribution in [0.2, 0.25) is 0 Å². The molecule has 3 heteroatoms. The fourth-order valence-corrected chi connectivity index (χ4v) is 3.56. The summed E-state index contributed by atoms with van der Waals surface area (Å²) >= 11 is 0. The molecule has 1 saturated heterocycles. The van der Waals surface area contributed by atoms with Gasteiger partial charge in [0.05, 0.1) is 7.11 Å². The van der Waals surface area contributed by atoms with E-state index in [0.717, 1.165) is 24.1 Å². The number of ether oxygens (including phenoxy) is 1. The van der Waals surface area contributed by atoms with Crippen LogP contribution in [-0.2, 0) is 0 Å². The van der Waals surface area contributed by atoms with E-state index in [0.29, 0.717) is 12.5 Å². The summed E-state index contributed by atoms with van der Waals surface area (Å²) in [6.45, 7) is 8.78. The first-order chi connectivity index (χ1) is 9.63. The maximum Gasteiger partial charge on any atom is 0.122 e. The Labute approximate surface area is 123 Å². The SMILES string of the molecule is COc1ccccc1C(CN)CN1CC(C)CC(C)C1. The summed E-state index contributed by atoms with van der Waals surface area (Å²) in [6.07, 6.45) is 1.35. The molecule has 0 saturated carbocycles. The van der Waals surface area contributed by atoms with E-state index in [-0.39, 0.29) is 0 Å². The van der Waals surface area contributed by atoms with Gasteiger partial charge in [0, 0.05) is 32.1 Å². The highest BCUT2D eigenvalue weighted by atomic mass is 16.5. The summed E-state index contributed by atoms with van der Waals surface area (Å²) in [5, 5.41) is 0. The molecule has 0 amide bonds. The predicted molar refractivity (Wildman–Crippen MR) is 84.2 cm³/mol. The predicted octanol–water partition coefficient (Wildman–Crippen LogP) is 2.72. The average molecular weight is 276 g/mol. The highest BCUT2D eigenvalue weighted by Gasteiger charge is 2.25. The van der Waals surface area contributed by atoms with Crippen LogP contribution in [0.3, 0.4) is 0 Å². The molecule has 2 rings (SSSR count). The zero-order valence-corrected chi connectivity index (χ0v) is 13.0. The molecule has 0 spiro atoms. The molecule has 112 valence electrons. The first-order valence-corrected chi connectivity index (χ1v) is 7.69. The summed E-state index contributed by atoms with van der Waals surface area (Å²) in [4.78, 5) is 2.57. The number of hydrogen-bond acceptors (Lipinski definition) is 3. The molecule has 0 aliphatic carbocycles. The molecule has 1 fully saturated rings. The van der Waals surface area contributed by atoms with Crippen molar-refractivity contribution in [1.29, 1.82) is 0 Å². The number of rotatable bonds is 5. The highest BCUT2D eigenvalue weighted by molar-refractivity contribution is 5.36. The van der Waals surface area contributed by atoms with Gasteiger partial charge in [-0.15, -0.1) is 0 Å². The van der Waals surface area contributed by atoms with Gasteiger partial charge in [-0.2, -0.15) is 0 Å². The van der Waals surface area contributed by atoms with Crippen LogP contribution in [0.25, 0.3) is 0 Å². The molecule has 2 N–H and O–H groups in total. The smallest absolute Gasteiger partial charge is 0.122 e. The molecule has 1 aliphatic heterocycles. The van der Waals surface area contributed by atoms with Gasteiger partial charge in [0.1, 0.15) is 5.75 Å². The summed E-state index contributed by atoms with van der Waals surface area (Å²) in [7, 11) is 1.73. The Morgan fingerprint density at radius 1 is 1.25 bits per heavy atom. The molecule has 1 aromatic carbocycles. The molecule has 0 aromatic heterocycles. The first kappa shape index (κ1) is 15.3. The highest BCUT2D eigenvalue weighted by Crippen LogP contribution is 2.29. The average Bonchev–Trinajstić information content (AvgIpc) is 2.43. The lowest BCUT2D eigenvalue weighted by Crippen LogP contribution is -2.42. The minimum absolute atomic E-state index is 0.351. The number of nitrogens with zero attached hydrogens (tertiary/aromatic N) is 1. The zero-order chi connectivity index (χ0) is 14.5. The van der Waals surface area contributed by atoms with Crippen molar-refractivity contribution in [3.8, 4) is 5.75 Å². The van der Waals surface area contributed by atoms with Crippen LogP contribution < -0.4 is 10.5 Å². The lowest BCUT2D eigenvalue weighted by molar-refractivity contribution is 0.134. The maximum atomic E-state index is 6.03. The van der Waals surface area contributed by atoms with Crippen LogP contribution in [0.1, 0.15) is 31.7 Å². The standard InChI is InChI=1S/C17H28N2O/c1-13-8-14(2)11-19(10-13)12-15(9-18)16-6-4-5-7-17(16)20-3/h4-7,13-15H,8-12,18H2,1-3H3. The van der Waals surface area contributed by atoms with Crippen LogP contribution in [0, 0.1) is 11.8 Å². The molecule has 1 aliphatic rings. The number of benzene rings is 1. The van der Waals surface area contributed by atoms with Gasteiger partial charge in [0.15, 0.2) is 0 Å². The fourth-order valence-electron chi connectivity index (χ4n) is 3.56. The third-order valence-electron chi connectivity index (χ3n) is 4.29. The maximum absolute atomic E-state index is 6.03. The third-order valence-corrected chi connectivity index (χ3v) is 4.29. The van der Waals surface area contributed by atoms with Crippen molar-refractivity contribution in [1.82, 2.24) is 4.90 Å². The molecule has 3 nitrogen and oxygen atoms in total. The fraction of sp³-hybridized carbons (Fsp3) is 0.647. The molecule has 3 atom stereocenters. The van der Waals surface area contributed by atoms with E-state index in [4.69, 9.17) is 10.5 Å². The lowest BCUT2D eigenvalue weighted by Gasteiger charge is -2.37. The molecule has 0 bridgehead atoms. The van der Waals surface area contributed by atoms with Crippen molar-refractivity contribution in [2.24, 2.45) is 17.6 Å². The number of hydrogen-bond donors (Lipinski definition) is 1. The van der Waals surface area contributed by atoms with E-state index in [2.05, 4.69) is 30.9 Å². The Morgan fingerprint density at radius 2 is 1.90 bits per heavy atom. The summed E-state index contributed by atoms with van der Waals surface area (Å²) in [5.74, 6) is 2.88. The largest absolute Gasteiger partial charge is 0.496 e. The minimum atomic E-state index is 0.351. The third kappa shape index (κ3) is 3.74. The first-order valence-electron chi connectivity index (χ1n) is 7.69. The Morgan fingerprint density at radius 3 is 2.50 bits per heavy atom. The molecule has 1 heterocycles. The topological polar surface area (TPSA) is 38.5 Å². The quantitative estimate of drug-likeness (QED) is 0.898. The van der Waals surface area contributed by atoms with Crippen LogP contribution in [-0.4, -0.2) is 38.2 Å². The van der Waals surface area contributed by atoms with Gasteiger partial charge in [-0.1, -0.05) is 32.0 Å². The van der Waals surface area contributed by atoms with Gasteiger partial charge >= 0.3 is 0 Å². The van der Waals surface area contributed by atoms with E-state index in [9.17, 15) is 0 Å². The van der Waals surface area contributed by atoms with Crippen molar-refractivity contribution in [2.75, 3.05) is 33.3 Å². The van der Waals surface area contributed by atoms with E-state index < -0.39 is 0 Å². The van der Waals surface area contributed by atoms with Crippen molar-refractivity contribution < 1.29 is 4.74 Å². The summed E-state index contributed by atoms with van der Waals surface area (Å²) in [6, 6.07) is 8.26. The number of para-hydroxylation sites is 1. The van der Waals surface area contributed by atoms with Crippen molar-refractivity contribution in [2.45, 2.75) is 26.2 Å². The normalized spacial score (nSPS) is 25.4. The molecule has 3 unspecified atom stereocenters. The molecule has 20 heavy (non-hydrogen) atoms. The van der Waals surface area contributed by atoms with Crippen molar-refractivity contribution in [3.63, 3.8) is 0 Å². The van der Waals surface area contributed by atoms with Crippen LogP contribution >= 0.6 is 0 Å². The van der Waals surface area contributed by atoms with Gasteiger partial charge in [0.2, 0.25) is 0 Å². The van der Waals surface area contributed by atoms with Crippen LogP contribution in [0.4, 0.5) is 0 Å². The van der Waals surface area contributed by atoms with Gasteiger partial charge in [0.25, 0.3) is 0 Å². The molecular weight excluding hydrogens is 248 g/mol. The second kappa shape index (κ2) is 7.09. The van der Waals surface area contributed by atoms with Gasteiger partial charge in [-0.3, -0.25) is 0 Å². The monoisotopic (exact) mass is 276 g/mol. The number of nitrogens with two attached hydrogens (primary N) is 1. The van der Waals surface area contributed by atoms with Gasteiger partial charge in [-0.25, -0.2) is 0 Å². The van der Waals surface area contributed by atoms with Gasteiger partial charge in [-0.05, 0) is 29.9 Å². The Balaban J connectivity index is 2.08. The van der Waals surface area contributed by atoms with E-state index in [1.54, 1.807) is 7.11 Å².